The second kappa shape index (κ2) is 3.49. The zero-order chi connectivity index (χ0) is 8.27. The molecule has 11 heavy (non-hydrogen) atoms. The van der Waals surface area contributed by atoms with Crippen LogP contribution in [0.15, 0.2) is 12.3 Å². The third kappa shape index (κ3) is 1.77. The molecule has 0 fully saturated rings. The van der Waals surface area contributed by atoms with E-state index in [1.807, 2.05) is 19.3 Å². The van der Waals surface area contributed by atoms with Gasteiger partial charge in [-0.25, -0.2) is 0 Å². The van der Waals surface area contributed by atoms with Crippen molar-refractivity contribution < 1.29 is 0 Å². The van der Waals surface area contributed by atoms with Crippen molar-refractivity contribution in [2.45, 2.75) is 20.4 Å². The third-order valence-corrected chi connectivity index (χ3v) is 1.92. The fourth-order valence-corrected chi connectivity index (χ4v) is 1.03. The normalized spacial score (nSPS) is 10.1. The van der Waals surface area contributed by atoms with E-state index in [0.29, 0.717) is 0 Å². The molecule has 0 atom stereocenters. The van der Waals surface area contributed by atoms with Gasteiger partial charge < -0.3 is 5.32 Å². The summed E-state index contributed by atoms with van der Waals surface area (Å²) in [4.78, 5) is 4.27. The minimum absolute atomic E-state index is 0.855. The number of nitrogens with one attached hydrogen (secondary N) is 1. The summed E-state index contributed by atoms with van der Waals surface area (Å²) >= 11 is 0. The molecule has 0 aliphatic carbocycles. The summed E-state index contributed by atoms with van der Waals surface area (Å²) in [6.07, 6.45) is 1.86. The second-order valence-electron chi connectivity index (χ2n) is 2.73. The first-order chi connectivity index (χ1) is 5.25. The van der Waals surface area contributed by atoms with Crippen LogP contribution in [0.2, 0.25) is 0 Å². The number of hydrogen-bond acceptors (Lipinski definition) is 2. The van der Waals surface area contributed by atoms with Gasteiger partial charge in [-0.2, -0.15) is 0 Å². The summed E-state index contributed by atoms with van der Waals surface area (Å²) < 4.78 is 0. The van der Waals surface area contributed by atoms with Crippen molar-refractivity contribution in [1.29, 1.82) is 0 Å². The lowest BCUT2D eigenvalue weighted by molar-refractivity contribution is 0.782. The van der Waals surface area contributed by atoms with Crippen molar-refractivity contribution >= 4 is 0 Å². The number of hydrogen-bond donors (Lipinski definition) is 1. The topological polar surface area (TPSA) is 24.9 Å². The van der Waals surface area contributed by atoms with E-state index in [1.54, 1.807) is 0 Å². The van der Waals surface area contributed by atoms with Crippen molar-refractivity contribution in [3.05, 3.63) is 29.1 Å². The minimum atomic E-state index is 0.855. The van der Waals surface area contributed by atoms with E-state index in [-0.39, 0.29) is 0 Å². The molecule has 0 amide bonds. The van der Waals surface area contributed by atoms with Gasteiger partial charge in [-0.3, -0.25) is 4.98 Å². The highest BCUT2D eigenvalue weighted by atomic mass is 14.8. The molecule has 0 saturated heterocycles. The highest BCUT2D eigenvalue weighted by Crippen LogP contribution is 2.08. The molecule has 0 spiro atoms. The van der Waals surface area contributed by atoms with Gasteiger partial charge in [-0.15, -0.1) is 0 Å². The average Bonchev–Trinajstić information content (AvgIpc) is 1.99. The maximum absolute atomic E-state index is 4.27. The molecule has 0 unspecified atom stereocenters. The van der Waals surface area contributed by atoms with E-state index in [2.05, 4.69) is 24.1 Å². The smallest absolute Gasteiger partial charge is 0.0573 e. The molecule has 1 aromatic heterocycles. The van der Waals surface area contributed by atoms with Crippen LogP contribution in [0.1, 0.15) is 16.8 Å². The SMILES string of the molecule is CNCc1nccc(C)c1C. The Labute approximate surface area is 67.7 Å². The van der Waals surface area contributed by atoms with Crippen molar-refractivity contribution in [1.82, 2.24) is 10.3 Å². The Morgan fingerprint density at radius 1 is 1.45 bits per heavy atom. The lowest BCUT2D eigenvalue weighted by Crippen LogP contribution is -2.08. The maximum atomic E-state index is 4.27. The first kappa shape index (κ1) is 8.21. The zero-order valence-corrected chi connectivity index (χ0v) is 7.31. The van der Waals surface area contributed by atoms with Gasteiger partial charge in [0.15, 0.2) is 0 Å². The Balaban J connectivity index is 2.96. The Hall–Kier alpha value is -0.890. The van der Waals surface area contributed by atoms with E-state index in [4.69, 9.17) is 0 Å². The predicted octanol–water partition coefficient (Wildman–Crippen LogP) is 1.42. The first-order valence-corrected chi connectivity index (χ1v) is 3.81. The molecule has 0 bridgehead atoms. The van der Waals surface area contributed by atoms with E-state index >= 15 is 0 Å². The Kier molecular flexibility index (Phi) is 2.60. The van der Waals surface area contributed by atoms with Crippen LogP contribution in [0.25, 0.3) is 0 Å². The molecule has 0 aliphatic rings. The van der Waals surface area contributed by atoms with Crippen molar-refractivity contribution in [3.8, 4) is 0 Å². The maximum Gasteiger partial charge on any atom is 0.0573 e. The lowest BCUT2D eigenvalue weighted by Gasteiger charge is -2.05. The zero-order valence-electron chi connectivity index (χ0n) is 7.31. The summed E-state index contributed by atoms with van der Waals surface area (Å²) in [5.74, 6) is 0. The monoisotopic (exact) mass is 150 g/mol. The Morgan fingerprint density at radius 2 is 2.18 bits per heavy atom. The van der Waals surface area contributed by atoms with Gasteiger partial charge in [0.1, 0.15) is 0 Å². The molecule has 1 aromatic rings. The third-order valence-electron chi connectivity index (χ3n) is 1.92. The standard InChI is InChI=1S/C9H14N2/c1-7-4-5-11-9(6-10-3)8(7)2/h4-5,10H,6H2,1-3H3. The van der Waals surface area contributed by atoms with E-state index < -0.39 is 0 Å². The van der Waals surface area contributed by atoms with Crippen molar-refractivity contribution in [2.75, 3.05) is 7.05 Å². The van der Waals surface area contributed by atoms with Gasteiger partial charge in [-0.1, -0.05) is 0 Å². The van der Waals surface area contributed by atoms with Crippen LogP contribution in [-0.4, -0.2) is 12.0 Å². The molecule has 0 radical (unpaired) electrons. The summed E-state index contributed by atoms with van der Waals surface area (Å²) in [6, 6.07) is 2.04. The van der Waals surface area contributed by atoms with Gasteiger partial charge in [0.25, 0.3) is 0 Å². The fourth-order valence-electron chi connectivity index (χ4n) is 1.03. The molecule has 60 valence electrons. The molecule has 0 aliphatic heterocycles. The fraction of sp³-hybridized carbons (Fsp3) is 0.444. The van der Waals surface area contributed by atoms with Gasteiger partial charge in [-0.05, 0) is 38.1 Å². The minimum Gasteiger partial charge on any atom is -0.314 e. The Morgan fingerprint density at radius 3 is 2.82 bits per heavy atom. The quantitative estimate of drug-likeness (QED) is 0.689. The average molecular weight is 150 g/mol. The molecule has 2 heteroatoms. The van der Waals surface area contributed by atoms with Crippen LogP contribution in [0, 0.1) is 13.8 Å². The number of aromatic nitrogens is 1. The molecule has 0 aromatic carbocycles. The molecular formula is C9H14N2. The lowest BCUT2D eigenvalue weighted by atomic mass is 10.1. The highest BCUT2D eigenvalue weighted by molar-refractivity contribution is 5.26. The summed E-state index contributed by atoms with van der Waals surface area (Å²) in [5.41, 5.74) is 3.75. The van der Waals surface area contributed by atoms with Crippen LogP contribution in [-0.2, 0) is 6.54 Å². The molecule has 1 heterocycles. The van der Waals surface area contributed by atoms with E-state index in [0.717, 1.165) is 12.2 Å². The largest absolute Gasteiger partial charge is 0.314 e. The van der Waals surface area contributed by atoms with Gasteiger partial charge in [0.05, 0.1) is 5.69 Å². The second-order valence-corrected chi connectivity index (χ2v) is 2.73. The summed E-state index contributed by atoms with van der Waals surface area (Å²) in [6.45, 7) is 5.07. The highest BCUT2D eigenvalue weighted by Gasteiger charge is 1.99. The van der Waals surface area contributed by atoms with E-state index in [1.165, 1.54) is 11.1 Å². The van der Waals surface area contributed by atoms with Gasteiger partial charge in [0.2, 0.25) is 0 Å². The van der Waals surface area contributed by atoms with E-state index in [9.17, 15) is 0 Å². The summed E-state index contributed by atoms with van der Waals surface area (Å²) in [7, 11) is 1.93. The van der Waals surface area contributed by atoms with Crippen molar-refractivity contribution in [3.63, 3.8) is 0 Å². The predicted molar refractivity (Wildman–Crippen MR) is 46.5 cm³/mol. The van der Waals surface area contributed by atoms with Crippen LogP contribution in [0.4, 0.5) is 0 Å². The van der Waals surface area contributed by atoms with Crippen LogP contribution in [0.5, 0.6) is 0 Å². The number of aryl methyl sites for hydroxylation is 1. The first-order valence-electron chi connectivity index (χ1n) is 3.81. The number of rotatable bonds is 2. The summed E-state index contributed by atoms with van der Waals surface area (Å²) in [5, 5.41) is 3.09. The molecular weight excluding hydrogens is 136 g/mol. The molecule has 1 rings (SSSR count). The van der Waals surface area contributed by atoms with Crippen molar-refractivity contribution in [2.24, 2.45) is 0 Å². The number of nitrogens with zero attached hydrogens (tertiary/aromatic N) is 1. The van der Waals surface area contributed by atoms with Crippen LogP contribution < -0.4 is 5.32 Å². The van der Waals surface area contributed by atoms with Gasteiger partial charge in [0, 0.05) is 12.7 Å². The van der Waals surface area contributed by atoms with Crippen LogP contribution >= 0.6 is 0 Å². The Bertz CT molecular complexity index is 243. The number of pyridine rings is 1. The van der Waals surface area contributed by atoms with Crippen LogP contribution in [0.3, 0.4) is 0 Å². The molecule has 1 N–H and O–H groups in total. The van der Waals surface area contributed by atoms with Gasteiger partial charge >= 0.3 is 0 Å². The molecule has 2 nitrogen and oxygen atoms in total. The molecule has 0 saturated carbocycles.